The predicted octanol–water partition coefficient (Wildman–Crippen LogP) is 3.18. The lowest BCUT2D eigenvalue weighted by Crippen LogP contribution is -2.39. The van der Waals surface area contributed by atoms with Gasteiger partial charge in [0, 0.05) is 0 Å². The number of hydrogen-bond acceptors (Lipinski definition) is 3. The van der Waals surface area contributed by atoms with E-state index in [1.807, 2.05) is 37.3 Å². The number of para-hydroxylation sites is 2. The van der Waals surface area contributed by atoms with Gasteiger partial charge in [-0.05, 0) is 30.7 Å². The molecule has 0 saturated heterocycles. The van der Waals surface area contributed by atoms with Crippen molar-refractivity contribution in [2.24, 2.45) is 0 Å². The standard InChI is InChI=1S/C18H20FNO3/c1-2-16(23-17-11-7-6-10-15(17)19)18(21)20-12-13-22-14-8-4-3-5-9-14/h3-11,16H,2,12-13H2,1H3,(H,20,21)/t16-/m0/s1. The molecule has 0 spiro atoms. The first-order valence-electron chi connectivity index (χ1n) is 7.57. The molecular weight excluding hydrogens is 297 g/mol. The average Bonchev–Trinajstić information content (AvgIpc) is 2.59. The smallest absolute Gasteiger partial charge is 0.261 e. The van der Waals surface area contributed by atoms with Crippen LogP contribution in [0.4, 0.5) is 4.39 Å². The first kappa shape index (κ1) is 16.8. The van der Waals surface area contributed by atoms with Crippen molar-refractivity contribution in [2.75, 3.05) is 13.2 Å². The van der Waals surface area contributed by atoms with E-state index in [9.17, 15) is 9.18 Å². The van der Waals surface area contributed by atoms with Gasteiger partial charge in [0.1, 0.15) is 12.4 Å². The van der Waals surface area contributed by atoms with Crippen molar-refractivity contribution in [3.8, 4) is 11.5 Å². The molecule has 0 aliphatic rings. The summed E-state index contributed by atoms with van der Waals surface area (Å²) >= 11 is 0. The molecule has 0 aliphatic carbocycles. The van der Waals surface area contributed by atoms with Crippen molar-refractivity contribution in [3.05, 3.63) is 60.4 Å². The third-order valence-corrected chi connectivity index (χ3v) is 3.18. The number of nitrogens with one attached hydrogen (secondary N) is 1. The minimum atomic E-state index is -0.733. The van der Waals surface area contributed by atoms with Gasteiger partial charge in [-0.1, -0.05) is 37.3 Å². The fraction of sp³-hybridized carbons (Fsp3) is 0.278. The Morgan fingerprint density at radius 3 is 2.52 bits per heavy atom. The summed E-state index contributed by atoms with van der Waals surface area (Å²) in [4.78, 5) is 12.1. The zero-order valence-electron chi connectivity index (χ0n) is 13.0. The molecule has 5 heteroatoms. The van der Waals surface area contributed by atoms with Gasteiger partial charge in [-0.15, -0.1) is 0 Å². The Kier molecular flexibility index (Phi) is 6.41. The van der Waals surface area contributed by atoms with E-state index < -0.39 is 11.9 Å². The molecule has 0 bridgehead atoms. The predicted molar refractivity (Wildman–Crippen MR) is 86.1 cm³/mol. The molecule has 0 saturated carbocycles. The van der Waals surface area contributed by atoms with Crippen molar-refractivity contribution in [2.45, 2.75) is 19.4 Å². The number of hydrogen-bond donors (Lipinski definition) is 1. The van der Waals surface area contributed by atoms with Crippen LogP contribution in [0.3, 0.4) is 0 Å². The highest BCUT2D eigenvalue weighted by atomic mass is 19.1. The van der Waals surface area contributed by atoms with Crippen molar-refractivity contribution < 1.29 is 18.7 Å². The van der Waals surface area contributed by atoms with Gasteiger partial charge in [0.25, 0.3) is 5.91 Å². The van der Waals surface area contributed by atoms with E-state index in [1.54, 1.807) is 12.1 Å². The lowest BCUT2D eigenvalue weighted by atomic mass is 10.2. The number of carbonyl (C=O) groups is 1. The normalized spacial score (nSPS) is 11.6. The van der Waals surface area contributed by atoms with Crippen molar-refractivity contribution >= 4 is 5.91 Å². The molecule has 0 aromatic heterocycles. The minimum absolute atomic E-state index is 0.0787. The van der Waals surface area contributed by atoms with Crippen LogP contribution in [0.5, 0.6) is 11.5 Å². The molecule has 0 unspecified atom stereocenters. The third-order valence-electron chi connectivity index (χ3n) is 3.18. The van der Waals surface area contributed by atoms with Crippen LogP contribution >= 0.6 is 0 Å². The monoisotopic (exact) mass is 317 g/mol. The molecule has 2 aromatic rings. The second-order valence-corrected chi connectivity index (χ2v) is 4.90. The number of benzene rings is 2. The Morgan fingerprint density at radius 1 is 1.13 bits per heavy atom. The van der Waals surface area contributed by atoms with E-state index in [0.717, 1.165) is 5.75 Å². The number of amides is 1. The van der Waals surface area contributed by atoms with Gasteiger partial charge in [0.15, 0.2) is 17.7 Å². The van der Waals surface area contributed by atoms with Gasteiger partial charge in [-0.25, -0.2) is 4.39 Å². The van der Waals surface area contributed by atoms with Gasteiger partial charge in [-0.2, -0.15) is 0 Å². The van der Waals surface area contributed by atoms with Crippen LogP contribution in [-0.4, -0.2) is 25.2 Å². The third kappa shape index (κ3) is 5.29. The first-order valence-corrected chi connectivity index (χ1v) is 7.57. The summed E-state index contributed by atoms with van der Waals surface area (Å²) in [6, 6.07) is 15.4. The van der Waals surface area contributed by atoms with Crippen LogP contribution in [0.25, 0.3) is 0 Å². The fourth-order valence-corrected chi connectivity index (χ4v) is 1.99. The fourth-order valence-electron chi connectivity index (χ4n) is 1.99. The van der Waals surface area contributed by atoms with E-state index >= 15 is 0 Å². The maximum absolute atomic E-state index is 13.6. The highest BCUT2D eigenvalue weighted by Crippen LogP contribution is 2.18. The average molecular weight is 317 g/mol. The zero-order valence-corrected chi connectivity index (χ0v) is 13.0. The van der Waals surface area contributed by atoms with Crippen molar-refractivity contribution in [3.63, 3.8) is 0 Å². The van der Waals surface area contributed by atoms with Crippen LogP contribution in [-0.2, 0) is 4.79 Å². The molecule has 2 aromatic carbocycles. The minimum Gasteiger partial charge on any atom is -0.492 e. The van der Waals surface area contributed by atoms with Gasteiger partial charge < -0.3 is 14.8 Å². The molecule has 2 rings (SSSR count). The Bertz CT molecular complexity index is 619. The molecule has 1 amide bonds. The second kappa shape index (κ2) is 8.78. The maximum Gasteiger partial charge on any atom is 0.261 e. The van der Waals surface area contributed by atoms with Gasteiger partial charge in [0.2, 0.25) is 0 Å². The van der Waals surface area contributed by atoms with Crippen molar-refractivity contribution in [1.82, 2.24) is 5.32 Å². The highest BCUT2D eigenvalue weighted by Gasteiger charge is 2.19. The molecule has 23 heavy (non-hydrogen) atoms. The molecule has 1 N–H and O–H groups in total. The zero-order chi connectivity index (χ0) is 16.5. The molecular formula is C18H20FNO3. The lowest BCUT2D eigenvalue weighted by Gasteiger charge is -2.17. The Hall–Kier alpha value is -2.56. The Balaban J connectivity index is 1.77. The molecule has 0 aliphatic heterocycles. The summed E-state index contributed by atoms with van der Waals surface area (Å²) < 4.78 is 24.5. The van der Waals surface area contributed by atoms with Crippen LogP contribution in [0, 0.1) is 5.82 Å². The highest BCUT2D eigenvalue weighted by molar-refractivity contribution is 5.81. The molecule has 0 radical (unpaired) electrons. The number of rotatable bonds is 8. The van der Waals surface area contributed by atoms with Crippen LogP contribution in [0.15, 0.2) is 54.6 Å². The summed E-state index contributed by atoms with van der Waals surface area (Å²) in [5.74, 6) is 0.0602. The quantitative estimate of drug-likeness (QED) is 0.761. The molecule has 1 atom stereocenters. The largest absolute Gasteiger partial charge is 0.492 e. The summed E-state index contributed by atoms with van der Waals surface area (Å²) in [7, 11) is 0. The van der Waals surface area contributed by atoms with Gasteiger partial charge >= 0.3 is 0 Å². The van der Waals surface area contributed by atoms with E-state index in [0.29, 0.717) is 19.6 Å². The molecule has 4 nitrogen and oxygen atoms in total. The topological polar surface area (TPSA) is 47.6 Å². The lowest BCUT2D eigenvalue weighted by molar-refractivity contribution is -0.128. The number of halogens is 1. The molecule has 122 valence electrons. The SMILES string of the molecule is CC[C@H](Oc1ccccc1F)C(=O)NCCOc1ccccc1. The number of ether oxygens (including phenoxy) is 2. The van der Waals surface area contributed by atoms with E-state index in [2.05, 4.69) is 5.32 Å². The van der Waals surface area contributed by atoms with Crippen LogP contribution < -0.4 is 14.8 Å². The Morgan fingerprint density at radius 2 is 1.83 bits per heavy atom. The van der Waals surface area contributed by atoms with Gasteiger partial charge in [-0.3, -0.25) is 4.79 Å². The van der Waals surface area contributed by atoms with E-state index in [4.69, 9.17) is 9.47 Å². The van der Waals surface area contributed by atoms with Crippen LogP contribution in [0.2, 0.25) is 0 Å². The van der Waals surface area contributed by atoms with Crippen molar-refractivity contribution in [1.29, 1.82) is 0 Å². The molecule has 0 fully saturated rings. The van der Waals surface area contributed by atoms with Crippen LogP contribution in [0.1, 0.15) is 13.3 Å². The van der Waals surface area contributed by atoms with E-state index in [1.165, 1.54) is 12.1 Å². The summed E-state index contributed by atoms with van der Waals surface area (Å²) in [6.45, 7) is 2.52. The Labute approximate surface area is 135 Å². The van der Waals surface area contributed by atoms with E-state index in [-0.39, 0.29) is 11.7 Å². The maximum atomic E-state index is 13.6. The summed E-state index contributed by atoms with van der Waals surface area (Å²) in [6.07, 6.45) is -0.289. The number of carbonyl (C=O) groups excluding carboxylic acids is 1. The van der Waals surface area contributed by atoms with Gasteiger partial charge in [0.05, 0.1) is 6.54 Å². The molecule has 0 heterocycles. The summed E-state index contributed by atoms with van der Waals surface area (Å²) in [5.41, 5.74) is 0. The first-order chi connectivity index (χ1) is 11.2. The second-order valence-electron chi connectivity index (χ2n) is 4.90. The summed E-state index contributed by atoms with van der Waals surface area (Å²) in [5, 5.41) is 2.73.